The minimum Gasteiger partial charge on any atom is -0.396 e. The summed E-state index contributed by atoms with van der Waals surface area (Å²) < 4.78 is 6.98. The third-order valence-electron chi connectivity index (χ3n) is 8.69. The molecule has 4 rings (SSSR count). The summed E-state index contributed by atoms with van der Waals surface area (Å²) in [5.74, 6) is -1.63. The zero-order chi connectivity index (χ0) is 26.6. The highest BCUT2D eigenvalue weighted by molar-refractivity contribution is 6.00. The van der Waals surface area contributed by atoms with E-state index >= 15 is 0 Å². The summed E-state index contributed by atoms with van der Waals surface area (Å²) in [7, 11) is 0. The van der Waals surface area contributed by atoms with Crippen LogP contribution in [0, 0.1) is 11.8 Å². The van der Waals surface area contributed by atoms with E-state index < -0.39 is 29.1 Å². The molecule has 5 atom stereocenters. The lowest BCUT2D eigenvalue weighted by atomic mass is 9.73. The summed E-state index contributed by atoms with van der Waals surface area (Å²) in [6.07, 6.45) is 14.4. The molecule has 8 nitrogen and oxygen atoms in total. The van der Waals surface area contributed by atoms with E-state index in [-0.39, 0.29) is 24.3 Å². The number of aliphatic hydroxyl groups excluding tert-OH is 1. The van der Waals surface area contributed by atoms with Crippen molar-refractivity contribution >= 4 is 17.7 Å². The SMILES string of the molecule is CCCCN1CC=C[C@]23O[C@]4(CC)C=CCN(CCC)C(=O)[C@@H]4[C@H]2C(=O)N(CCCCCCO)C3C1=O. The van der Waals surface area contributed by atoms with E-state index in [9.17, 15) is 14.4 Å². The lowest BCUT2D eigenvalue weighted by Gasteiger charge is -2.38. The van der Waals surface area contributed by atoms with Crippen LogP contribution in [-0.2, 0) is 19.1 Å². The Morgan fingerprint density at radius 3 is 2.19 bits per heavy atom. The molecule has 37 heavy (non-hydrogen) atoms. The number of rotatable bonds is 12. The molecule has 0 bridgehead atoms. The van der Waals surface area contributed by atoms with Crippen LogP contribution in [0.1, 0.15) is 72.1 Å². The van der Waals surface area contributed by atoms with Crippen molar-refractivity contribution in [3.8, 4) is 0 Å². The van der Waals surface area contributed by atoms with Gasteiger partial charge in [-0.3, -0.25) is 14.4 Å². The Kier molecular flexibility index (Phi) is 8.79. The number of aliphatic hydroxyl groups is 1. The van der Waals surface area contributed by atoms with E-state index in [0.29, 0.717) is 39.1 Å². The number of amides is 3. The molecule has 3 amide bonds. The topological polar surface area (TPSA) is 90.4 Å². The predicted molar refractivity (Wildman–Crippen MR) is 142 cm³/mol. The molecular weight excluding hydrogens is 470 g/mol. The molecule has 0 radical (unpaired) electrons. The van der Waals surface area contributed by atoms with Crippen molar-refractivity contribution < 1.29 is 24.2 Å². The standard InChI is InChI=1S/C29H45N3O5/c1-4-7-17-31-19-13-15-29-23(26(35)32(24(29)27(31)36)20-10-8-9-11-21-33)22-25(34)30(16-5-2)18-12-14-28(22,6-3)37-29/h12-15,22-24,33H,4-11,16-21H2,1-3H3/t22-,23-,24?,28+,29-/m0/s1. The molecule has 4 aliphatic heterocycles. The number of fused-ring (bicyclic) bond motifs is 2. The minimum atomic E-state index is -1.16. The van der Waals surface area contributed by atoms with Crippen LogP contribution in [0.2, 0.25) is 0 Å². The van der Waals surface area contributed by atoms with Crippen molar-refractivity contribution in [1.29, 1.82) is 0 Å². The number of unbranched alkanes of at least 4 members (excludes halogenated alkanes) is 4. The Balaban J connectivity index is 1.76. The molecule has 2 fully saturated rings. The third kappa shape index (κ3) is 4.76. The molecule has 8 heteroatoms. The normalized spacial score (nSPS) is 33.0. The van der Waals surface area contributed by atoms with Gasteiger partial charge in [-0.05, 0) is 32.1 Å². The summed E-state index contributed by atoms with van der Waals surface area (Å²) in [4.78, 5) is 47.9. The second-order valence-electron chi connectivity index (χ2n) is 11.0. The van der Waals surface area contributed by atoms with Crippen LogP contribution < -0.4 is 0 Å². The molecule has 0 aromatic rings. The van der Waals surface area contributed by atoms with Gasteiger partial charge in [-0.15, -0.1) is 0 Å². The number of ether oxygens (including phenoxy) is 1. The van der Waals surface area contributed by atoms with E-state index in [0.717, 1.165) is 44.9 Å². The first-order chi connectivity index (χ1) is 17.9. The maximum Gasteiger partial charge on any atom is 0.249 e. The number of carbonyl (C=O) groups is 3. The first-order valence-corrected chi connectivity index (χ1v) is 14.4. The van der Waals surface area contributed by atoms with Gasteiger partial charge in [-0.2, -0.15) is 0 Å². The van der Waals surface area contributed by atoms with Crippen LogP contribution in [0.25, 0.3) is 0 Å². The highest BCUT2D eigenvalue weighted by Gasteiger charge is 2.75. The lowest BCUT2D eigenvalue weighted by Crippen LogP contribution is -2.56. The highest BCUT2D eigenvalue weighted by Crippen LogP contribution is 2.58. The maximum atomic E-state index is 14.3. The van der Waals surface area contributed by atoms with Crippen LogP contribution in [0.5, 0.6) is 0 Å². The number of likely N-dealkylation sites (tertiary alicyclic amines) is 1. The van der Waals surface area contributed by atoms with Crippen LogP contribution in [0.3, 0.4) is 0 Å². The molecule has 206 valence electrons. The monoisotopic (exact) mass is 515 g/mol. The molecule has 1 N–H and O–H groups in total. The largest absolute Gasteiger partial charge is 0.396 e. The van der Waals surface area contributed by atoms with Gasteiger partial charge in [0.05, 0.1) is 17.4 Å². The molecule has 0 aromatic carbocycles. The van der Waals surface area contributed by atoms with Gasteiger partial charge in [0.2, 0.25) is 17.7 Å². The van der Waals surface area contributed by atoms with Gasteiger partial charge >= 0.3 is 0 Å². The summed E-state index contributed by atoms with van der Waals surface area (Å²) in [6.45, 7) is 9.04. The third-order valence-corrected chi connectivity index (χ3v) is 8.69. The van der Waals surface area contributed by atoms with Crippen molar-refractivity contribution in [3.05, 3.63) is 24.3 Å². The molecule has 2 saturated heterocycles. The molecule has 0 aliphatic carbocycles. The zero-order valence-electron chi connectivity index (χ0n) is 22.9. The quantitative estimate of drug-likeness (QED) is 0.319. The van der Waals surface area contributed by atoms with Crippen LogP contribution in [0.15, 0.2) is 24.3 Å². The smallest absolute Gasteiger partial charge is 0.249 e. The van der Waals surface area contributed by atoms with Crippen molar-refractivity contribution in [3.63, 3.8) is 0 Å². The molecule has 1 spiro atoms. The molecule has 0 saturated carbocycles. The number of hydrogen-bond acceptors (Lipinski definition) is 5. The van der Waals surface area contributed by atoms with Crippen LogP contribution in [0.4, 0.5) is 0 Å². The van der Waals surface area contributed by atoms with Crippen LogP contribution in [-0.4, -0.2) is 94.1 Å². The Morgan fingerprint density at radius 2 is 1.51 bits per heavy atom. The van der Waals surface area contributed by atoms with Crippen molar-refractivity contribution in [1.82, 2.24) is 14.7 Å². The lowest BCUT2D eigenvalue weighted by molar-refractivity contribution is -0.154. The molecule has 0 aromatic heterocycles. The maximum absolute atomic E-state index is 14.3. The highest BCUT2D eigenvalue weighted by atomic mass is 16.5. The van der Waals surface area contributed by atoms with Gasteiger partial charge < -0.3 is 24.5 Å². The van der Waals surface area contributed by atoms with E-state index in [4.69, 9.17) is 9.84 Å². The minimum absolute atomic E-state index is 0.0413. The van der Waals surface area contributed by atoms with E-state index in [1.54, 1.807) is 4.90 Å². The molecule has 4 heterocycles. The summed E-state index contributed by atoms with van der Waals surface area (Å²) >= 11 is 0. The second-order valence-corrected chi connectivity index (χ2v) is 11.0. The fourth-order valence-electron chi connectivity index (χ4n) is 6.87. The zero-order valence-corrected chi connectivity index (χ0v) is 22.9. The number of nitrogens with zero attached hydrogens (tertiary/aromatic N) is 3. The molecule has 4 aliphatic rings. The van der Waals surface area contributed by atoms with Crippen molar-refractivity contribution in [2.24, 2.45) is 11.8 Å². The first kappa shape index (κ1) is 27.8. The van der Waals surface area contributed by atoms with E-state index in [1.807, 2.05) is 41.0 Å². The van der Waals surface area contributed by atoms with Crippen LogP contribution >= 0.6 is 0 Å². The predicted octanol–water partition coefficient (Wildman–Crippen LogP) is 2.91. The van der Waals surface area contributed by atoms with Gasteiger partial charge in [0.15, 0.2) is 0 Å². The molecule has 1 unspecified atom stereocenters. The fraction of sp³-hybridized carbons (Fsp3) is 0.759. The van der Waals surface area contributed by atoms with Gasteiger partial charge in [0.1, 0.15) is 11.6 Å². The Bertz CT molecular complexity index is 919. The Labute approximate surface area is 221 Å². The van der Waals surface area contributed by atoms with Gasteiger partial charge in [-0.25, -0.2) is 0 Å². The number of carbonyl (C=O) groups excluding carboxylic acids is 3. The summed E-state index contributed by atoms with van der Waals surface area (Å²) in [5, 5.41) is 9.13. The first-order valence-electron chi connectivity index (χ1n) is 14.4. The van der Waals surface area contributed by atoms with Gasteiger partial charge in [0, 0.05) is 39.3 Å². The van der Waals surface area contributed by atoms with E-state index in [1.165, 1.54) is 0 Å². The van der Waals surface area contributed by atoms with Gasteiger partial charge in [0.25, 0.3) is 0 Å². The Hall–Kier alpha value is -2.19. The second kappa shape index (κ2) is 11.7. The summed E-state index contributed by atoms with van der Waals surface area (Å²) in [6, 6.07) is -0.769. The van der Waals surface area contributed by atoms with Crippen molar-refractivity contribution in [2.75, 3.05) is 39.3 Å². The summed E-state index contributed by atoms with van der Waals surface area (Å²) in [5.41, 5.74) is -2.06. The van der Waals surface area contributed by atoms with E-state index in [2.05, 4.69) is 13.8 Å². The molecular formula is C29H45N3O5. The average molecular weight is 516 g/mol. The van der Waals surface area contributed by atoms with Crippen molar-refractivity contribution in [2.45, 2.75) is 89.4 Å². The fourth-order valence-corrected chi connectivity index (χ4v) is 6.87. The number of hydrogen-bond donors (Lipinski definition) is 1. The Morgan fingerprint density at radius 1 is 0.811 bits per heavy atom. The average Bonchev–Trinajstić information content (AvgIpc) is 3.18. The van der Waals surface area contributed by atoms with Gasteiger partial charge in [-0.1, -0.05) is 64.3 Å².